The maximum atomic E-state index is 11.9. The Morgan fingerprint density at radius 3 is 2.25 bits per heavy atom. The molecule has 0 spiro atoms. The van der Waals surface area contributed by atoms with Crippen molar-refractivity contribution in [2.75, 3.05) is 6.61 Å². The maximum Gasteiger partial charge on any atom is 1.00 e. The van der Waals surface area contributed by atoms with Gasteiger partial charge in [0.1, 0.15) is 0 Å². The molecule has 24 heavy (non-hydrogen) atoms. The number of carbonyl (C=O) groups is 2. The van der Waals surface area contributed by atoms with Gasteiger partial charge in [-0.3, -0.25) is 14.1 Å². The van der Waals surface area contributed by atoms with Crippen molar-refractivity contribution >= 4 is 45.3 Å². The quantitative estimate of drug-likeness (QED) is 0.215. The van der Waals surface area contributed by atoms with Crippen LogP contribution in [-0.4, -0.2) is 41.8 Å². The zero-order valence-electron chi connectivity index (χ0n) is 15.0. The van der Waals surface area contributed by atoms with E-state index in [1.165, 1.54) is 0 Å². The van der Waals surface area contributed by atoms with E-state index in [1.54, 1.807) is 0 Å². The van der Waals surface area contributed by atoms with Gasteiger partial charge in [-0.1, -0.05) is 56.3 Å². The normalized spacial score (nSPS) is 13.8. The van der Waals surface area contributed by atoms with Crippen LogP contribution >= 0.6 is 23.2 Å². The standard InChI is InChI=1S/C13H22Cl2O7S.Na.H/c1-3-5-6-9(4-2)8-21-12(17)10(23(18,19)20)7-11(16)22-13(14)15;;/h9-10,13H,3-8H2,1-2H3,(H,18,19,20);;/q;+1;-1. The summed E-state index contributed by atoms with van der Waals surface area (Å²) in [6, 6.07) is 0. The molecular weight excluding hydrogens is 394 g/mol. The summed E-state index contributed by atoms with van der Waals surface area (Å²) in [7, 11) is -4.83. The first-order valence-corrected chi connectivity index (χ1v) is 9.59. The molecule has 0 aliphatic heterocycles. The zero-order chi connectivity index (χ0) is 18.0. The first-order valence-electron chi connectivity index (χ1n) is 7.22. The first-order chi connectivity index (χ1) is 10.6. The minimum absolute atomic E-state index is 0. The van der Waals surface area contributed by atoms with Crippen molar-refractivity contribution in [2.45, 2.75) is 56.2 Å². The van der Waals surface area contributed by atoms with Crippen LogP contribution in [0.3, 0.4) is 0 Å². The molecule has 0 bridgehead atoms. The number of esters is 2. The predicted molar refractivity (Wildman–Crippen MR) is 86.9 cm³/mol. The van der Waals surface area contributed by atoms with E-state index in [4.69, 9.17) is 32.5 Å². The molecule has 0 heterocycles. The number of halogens is 2. The average molecular weight is 417 g/mol. The second-order valence-corrected chi connectivity index (χ2v) is 7.62. The van der Waals surface area contributed by atoms with E-state index < -0.39 is 38.7 Å². The molecule has 0 aliphatic rings. The Morgan fingerprint density at radius 2 is 1.83 bits per heavy atom. The Balaban J connectivity index is -0.00000242. The number of carbonyl (C=O) groups excluding carboxylic acids is 2. The molecule has 1 N–H and O–H groups in total. The Bertz CT molecular complexity index is 491. The summed E-state index contributed by atoms with van der Waals surface area (Å²) in [4.78, 5) is 23.2. The number of ether oxygens (including phenoxy) is 2. The molecule has 0 amide bonds. The fourth-order valence-corrected chi connectivity index (χ4v) is 2.66. The van der Waals surface area contributed by atoms with Crippen molar-refractivity contribution in [3.63, 3.8) is 0 Å². The van der Waals surface area contributed by atoms with E-state index in [1.807, 2.05) is 13.8 Å². The average Bonchev–Trinajstić information content (AvgIpc) is 2.42. The van der Waals surface area contributed by atoms with Gasteiger partial charge in [0.2, 0.25) is 0 Å². The topological polar surface area (TPSA) is 107 Å². The number of unbranched alkanes of at least 4 members (excludes halogenated alkanes) is 1. The summed E-state index contributed by atoms with van der Waals surface area (Å²) < 4.78 is 40.9. The fourth-order valence-electron chi connectivity index (χ4n) is 1.80. The van der Waals surface area contributed by atoms with Crippen molar-refractivity contribution in [1.82, 2.24) is 0 Å². The molecule has 11 heteroatoms. The molecule has 0 saturated carbocycles. The smallest absolute Gasteiger partial charge is 1.00 e. The Hall–Kier alpha value is 0.430. The largest absolute Gasteiger partial charge is 1.00 e. The van der Waals surface area contributed by atoms with Gasteiger partial charge in [-0.2, -0.15) is 8.42 Å². The third-order valence-electron chi connectivity index (χ3n) is 3.20. The minimum atomic E-state index is -4.83. The molecule has 0 rings (SSSR count). The van der Waals surface area contributed by atoms with Crippen LogP contribution in [0.4, 0.5) is 0 Å². The predicted octanol–water partition coefficient (Wildman–Crippen LogP) is -0.187. The summed E-state index contributed by atoms with van der Waals surface area (Å²) in [5, 5.41) is -3.56. The van der Waals surface area contributed by atoms with Gasteiger partial charge in [0.15, 0.2) is 5.25 Å². The van der Waals surface area contributed by atoms with E-state index >= 15 is 0 Å². The Morgan fingerprint density at radius 1 is 1.25 bits per heavy atom. The summed E-state index contributed by atoms with van der Waals surface area (Å²) in [6.45, 7) is 3.97. The molecule has 0 saturated heterocycles. The molecule has 138 valence electrons. The van der Waals surface area contributed by atoms with Crippen molar-refractivity contribution in [3.8, 4) is 0 Å². The second kappa shape index (κ2) is 13.6. The summed E-state index contributed by atoms with van der Waals surface area (Å²) in [5.41, 5.74) is 0. The molecule has 0 fully saturated rings. The Kier molecular flexibility index (Phi) is 15.1. The van der Waals surface area contributed by atoms with Crippen molar-refractivity contribution in [3.05, 3.63) is 0 Å². The van der Waals surface area contributed by atoms with Gasteiger partial charge in [0.05, 0.1) is 13.0 Å². The minimum Gasteiger partial charge on any atom is -1.00 e. The van der Waals surface area contributed by atoms with E-state index in [0.717, 1.165) is 25.7 Å². The van der Waals surface area contributed by atoms with Crippen molar-refractivity contribution < 1.29 is 63.0 Å². The van der Waals surface area contributed by atoms with Gasteiger partial charge in [-0.05, 0) is 12.3 Å². The van der Waals surface area contributed by atoms with E-state index in [0.29, 0.717) is 0 Å². The summed E-state index contributed by atoms with van der Waals surface area (Å²) in [5.74, 6) is -2.26. The van der Waals surface area contributed by atoms with Crippen LogP contribution in [0, 0.1) is 5.92 Å². The second-order valence-electron chi connectivity index (χ2n) is 5.00. The fraction of sp³-hybridized carbons (Fsp3) is 0.846. The van der Waals surface area contributed by atoms with Crippen LogP contribution < -0.4 is 29.6 Å². The van der Waals surface area contributed by atoms with Gasteiger partial charge in [-0.15, -0.1) is 0 Å². The Labute approximate surface area is 176 Å². The molecule has 0 aromatic heterocycles. The maximum absolute atomic E-state index is 11.9. The SMILES string of the molecule is CCCCC(CC)COC(=O)C(CC(=O)OC(Cl)Cl)S(=O)(=O)O.[H-].[Na+]. The number of alkyl halides is 2. The van der Waals surface area contributed by atoms with Gasteiger partial charge < -0.3 is 10.9 Å². The molecule has 2 unspecified atom stereocenters. The van der Waals surface area contributed by atoms with Crippen LogP contribution in [0.5, 0.6) is 0 Å². The number of hydrogen-bond acceptors (Lipinski definition) is 6. The molecule has 0 radical (unpaired) electrons. The number of rotatable bonds is 11. The van der Waals surface area contributed by atoms with Crippen LogP contribution in [0.25, 0.3) is 0 Å². The summed E-state index contributed by atoms with van der Waals surface area (Å²) >= 11 is 10.4. The molecule has 0 aromatic carbocycles. The van der Waals surface area contributed by atoms with Crippen LogP contribution in [-0.2, 0) is 29.2 Å². The van der Waals surface area contributed by atoms with E-state index in [2.05, 4.69) is 4.74 Å². The molecule has 0 aliphatic carbocycles. The van der Waals surface area contributed by atoms with Gasteiger partial charge in [0.25, 0.3) is 15.1 Å². The van der Waals surface area contributed by atoms with Gasteiger partial charge in [0, 0.05) is 0 Å². The third-order valence-corrected chi connectivity index (χ3v) is 4.46. The molecular formula is C13H23Cl2NaO7S. The van der Waals surface area contributed by atoms with E-state index in [-0.39, 0.29) is 43.5 Å². The van der Waals surface area contributed by atoms with Crippen molar-refractivity contribution in [2.24, 2.45) is 5.92 Å². The van der Waals surface area contributed by atoms with Crippen molar-refractivity contribution in [1.29, 1.82) is 0 Å². The first kappa shape index (κ1) is 26.7. The third kappa shape index (κ3) is 11.9. The van der Waals surface area contributed by atoms with E-state index in [9.17, 15) is 18.0 Å². The number of hydrogen-bond donors (Lipinski definition) is 1. The van der Waals surface area contributed by atoms with Gasteiger partial charge in [-0.25, -0.2) is 0 Å². The van der Waals surface area contributed by atoms with Gasteiger partial charge >= 0.3 is 41.5 Å². The van der Waals surface area contributed by atoms with Crippen LogP contribution in [0.15, 0.2) is 0 Å². The molecule has 7 nitrogen and oxygen atoms in total. The molecule has 0 aromatic rings. The summed E-state index contributed by atoms with van der Waals surface area (Å²) in [6.07, 6.45) is 2.60. The molecule has 2 atom stereocenters. The van der Waals surface area contributed by atoms with Crippen LogP contribution in [0.1, 0.15) is 47.4 Å². The zero-order valence-corrected chi connectivity index (χ0v) is 18.4. The van der Waals surface area contributed by atoms with Crippen LogP contribution in [0.2, 0.25) is 0 Å². The monoisotopic (exact) mass is 416 g/mol.